The van der Waals surface area contributed by atoms with Crippen LogP contribution in [0.4, 0.5) is 5.88 Å². The second kappa shape index (κ2) is 9.90. The maximum atomic E-state index is 9.43. The summed E-state index contributed by atoms with van der Waals surface area (Å²) in [6.07, 6.45) is 0. The molecule has 0 saturated heterocycles. The van der Waals surface area contributed by atoms with Gasteiger partial charge in [0.25, 0.3) is 0 Å². The molecule has 32 heavy (non-hydrogen) atoms. The van der Waals surface area contributed by atoms with E-state index in [1.807, 2.05) is 72.8 Å². The molecule has 0 unspecified atom stereocenters. The van der Waals surface area contributed by atoms with Crippen molar-refractivity contribution in [2.75, 3.05) is 12.4 Å². The van der Waals surface area contributed by atoms with Crippen LogP contribution in [-0.4, -0.2) is 12.1 Å². The Morgan fingerprint density at radius 1 is 0.938 bits per heavy atom. The van der Waals surface area contributed by atoms with E-state index in [0.717, 1.165) is 22.4 Å². The number of halogens is 1. The molecule has 0 fully saturated rings. The molecule has 0 aliphatic heterocycles. The molecule has 3 aromatic carbocycles. The quantitative estimate of drug-likeness (QED) is 0.354. The first-order chi connectivity index (χ1) is 15.6. The minimum Gasteiger partial charge on any atom is -0.497 e. The number of anilines is 1. The number of hydrogen-bond donors (Lipinski definition) is 1. The van der Waals surface area contributed by atoms with Crippen LogP contribution >= 0.6 is 11.6 Å². The first-order valence-corrected chi connectivity index (χ1v) is 10.3. The van der Waals surface area contributed by atoms with Crippen LogP contribution in [0.15, 0.2) is 77.2 Å². The number of aromatic nitrogens is 1. The molecule has 7 heteroatoms. The standard InChI is InChI=1S/C25H20ClN3O3/c1-30-21-10-4-17(5-11-21)15-28-25-23(14-27)29-24(32-25)19-6-12-22(13-7-19)31-16-18-2-8-20(26)9-3-18/h2-13,28H,15-16H2,1H3. The lowest BCUT2D eigenvalue weighted by atomic mass is 10.2. The van der Waals surface area contributed by atoms with E-state index < -0.39 is 0 Å². The lowest BCUT2D eigenvalue weighted by molar-refractivity contribution is 0.306. The van der Waals surface area contributed by atoms with Crippen LogP contribution in [0.25, 0.3) is 11.5 Å². The predicted molar refractivity (Wildman–Crippen MR) is 123 cm³/mol. The summed E-state index contributed by atoms with van der Waals surface area (Å²) in [4.78, 5) is 4.31. The summed E-state index contributed by atoms with van der Waals surface area (Å²) in [7, 11) is 1.63. The number of nitrogens with zero attached hydrogens (tertiary/aromatic N) is 2. The summed E-state index contributed by atoms with van der Waals surface area (Å²) in [6.45, 7) is 0.929. The predicted octanol–water partition coefficient (Wildman–Crippen LogP) is 6.07. The third-order valence-corrected chi connectivity index (χ3v) is 5.02. The van der Waals surface area contributed by atoms with Gasteiger partial charge in [-0.05, 0) is 59.7 Å². The van der Waals surface area contributed by atoms with Crippen molar-refractivity contribution in [1.82, 2.24) is 4.98 Å². The molecule has 0 bridgehead atoms. The van der Waals surface area contributed by atoms with Gasteiger partial charge in [-0.25, -0.2) is 0 Å². The van der Waals surface area contributed by atoms with Gasteiger partial charge in [0.15, 0.2) is 0 Å². The fraction of sp³-hybridized carbons (Fsp3) is 0.120. The molecule has 6 nitrogen and oxygen atoms in total. The van der Waals surface area contributed by atoms with Gasteiger partial charge in [-0.1, -0.05) is 35.9 Å². The number of ether oxygens (including phenoxy) is 2. The molecular formula is C25H20ClN3O3. The molecule has 4 rings (SSSR count). The lowest BCUT2D eigenvalue weighted by Crippen LogP contribution is -1.99. The van der Waals surface area contributed by atoms with Crippen molar-refractivity contribution < 1.29 is 13.9 Å². The highest BCUT2D eigenvalue weighted by molar-refractivity contribution is 6.30. The minimum atomic E-state index is 0.205. The Kier molecular flexibility index (Phi) is 6.59. The molecule has 1 N–H and O–H groups in total. The molecule has 1 aromatic heterocycles. The van der Waals surface area contributed by atoms with Crippen LogP contribution in [0, 0.1) is 11.3 Å². The fourth-order valence-corrected chi connectivity index (χ4v) is 3.13. The van der Waals surface area contributed by atoms with Crippen LogP contribution in [0.5, 0.6) is 11.5 Å². The third kappa shape index (κ3) is 5.20. The Morgan fingerprint density at radius 3 is 2.25 bits per heavy atom. The van der Waals surface area contributed by atoms with E-state index in [2.05, 4.69) is 16.4 Å². The van der Waals surface area contributed by atoms with Crippen molar-refractivity contribution in [1.29, 1.82) is 5.26 Å². The Morgan fingerprint density at radius 2 is 1.59 bits per heavy atom. The smallest absolute Gasteiger partial charge is 0.232 e. The van der Waals surface area contributed by atoms with Crippen LogP contribution in [0.3, 0.4) is 0 Å². The zero-order valence-electron chi connectivity index (χ0n) is 17.3. The van der Waals surface area contributed by atoms with Crippen molar-refractivity contribution in [2.45, 2.75) is 13.2 Å². The molecule has 0 saturated carbocycles. The Hall–Kier alpha value is -3.95. The van der Waals surface area contributed by atoms with Crippen molar-refractivity contribution in [3.8, 4) is 29.0 Å². The van der Waals surface area contributed by atoms with E-state index in [-0.39, 0.29) is 5.69 Å². The summed E-state index contributed by atoms with van der Waals surface area (Å²) in [5.74, 6) is 2.20. The highest BCUT2D eigenvalue weighted by Gasteiger charge is 2.14. The SMILES string of the molecule is COc1ccc(CNc2oc(-c3ccc(OCc4ccc(Cl)cc4)cc3)nc2C#N)cc1. The minimum absolute atomic E-state index is 0.205. The summed E-state index contributed by atoms with van der Waals surface area (Å²) in [5, 5.41) is 13.3. The molecular weight excluding hydrogens is 426 g/mol. The Labute approximate surface area is 191 Å². The maximum Gasteiger partial charge on any atom is 0.232 e. The molecule has 0 spiro atoms. The van der Waals surface area contributed by atoms with Crippen LogP contribution in [0.2, 0.25) is 5.02 Å². The summed E-state index contributed by atoms with van der Waals surface area (Å²) in [5.41, 5.74) is 3.00. The molecule has 0 radical (unpaired) electrons. The van der Waals surface area contributed by atoms with Crippen LogP contribution in [-0.2, 0) is 13.2 Å². The number of nitriles is 1. The van der Waals surface area contributed by atoms with Gasteiger partial charge >= 0.3 is 0 Å². The number of methoxy groups -OCH3 is 1. The first-order valence-electron chi connectivity index (χ1n) is 9.90. The van der Waals surface area contributed by atoms with Gasteiger partial charge in [0, 0.05) is 17.1 Å². The average Bonchev–Trinajstić information content (AvgIpc) is 3.26. The van der Waals surface area contributed by atoms with Gasteiger partial charge in [0.1, 0.15) is 24.2 Å². The summed E-state index contributed by atoms with van der Waals surface area (Å²) >= 11 is 5.91. The zero-order chi connectivity index (χ0) is 22.3. The average molecular weight is 446 g/mol. The van der Waals surface area contributed by atoms with Gasteiger partial charge in [-0.2, -0.15) is 10.2 Å². The van der Waals surface area contributed by atoms with Gasteiger partial charge in [0.05, 0.1) is 7.11 Å². The Bertz CT molecular complexity index is 1210. The van der Waals surface area contributed by atoms with E-state index in [1.165, 1.54) is 0 Å². The number of benzene rings is 3. The molecule has 0 atom stereocenters. The summed E-state index contributed by atoms with van der Waals surface area (Å²) in [6, 6.07) is 24.6. The normalized spacial score (nSPS) is 10.4. The molecule has 160 valence electrons. The van der Waals surface area contributed by atoms with E-state index in [0.29, 0.717) is 35.7 Å². The second-order valence-electron chi connectivity index (χ2n) is 6.95. The highest BCUT2D eigenvalue weighted by atomic mass is 35.5. The number of nitrogens with one attached hydrogen (secondary N) is 1. The lowest BCUT2D eigenvalue weighted by Gasteiger charge is -2.07. The third-order valence-electron chi connectivity index (χ3n) is 4.77. The molecule has 0 aliphatic carbocycles. The molecule has 4 aromatic rings. The fourth-order valence-electron chi connectivity index (χ4n) is 3.01. The maximum absolute atomic E-state index is 9.43. The monoisotopic (exact) mass is 445 g/mol. The van der Waals surface area contributed by atoms with Gasteiger partial charge in [-0.15, -0.1) is 0 Å². The Balaban J connectivity index is 1.41. The van der Waals surface area contributed by atoms with Crippen molar-refractivity contribution in [2.24, 2.45) is 0 Å². The van der Waals surface area contributed by atoms with E-state index >= 15 is 0 Å². The molecule has 0 amide bonds. The topological polar surface area (TPSA) is 80.3 Å². The number of hydrogen-bond acceptors (Lipinski definition) is 6. The van der Waals surface area contributed by atoms with Gasteiger partial charge < -0.3 is 19.2 Å². The second-order valence-corrected chi connectivity index (χ2v) is 7.39. The van der Waals surface area contributed by atoms with Gasteiger partial charge in [0.2, 0.25) is 17.5 Å². The van der Waals surface area contributed by atoms with E-state index in [9.17, 15) is 5.26 Å². The van der Waals surface area contributed by atoms with Crippen molar-refractivity contribution in [3.63, 3.8) is 0 Å². The zero-order valence-corrected chi connectivity index (χ0v) is 18.1. The van der Waals surface area contributed by atoms with Crippen molar-refractivity contribution in [3.05, 3.63) is 94.6 Å². The first kappa shape index (κ1) is 21.3. The number of rotatable bonds is 8. The largest absolute Gasteiger partial charge is 0.497 e. The molecule has 0 aliphatic rings. The van der Waals surface area contributed by atoms with Crippen LogP contribution in [0.1, 0.15) is 16.8 Å². The van der Waals surface area contributed by atoms with E-state index in [1.54, 1.807) is 7.11 Å². The number of oxazole rings is 1. The van der Waals surface area contributed by atoms with Gasteiger partial charge in [-0.3, -0.25) is 0 Å². The van der Waals surface area contributed by atoms with E-state index in [4.69, 9.17) is 25.5 Å². The summed E-state index contributed by atoms with van der Waals surface area (Å²) < 4.78 is 16.8. The van der Waals surface area contributed by atoms with Crippen molar-refractivity contribution >= 4 is 17.5 Å². The van der Waals surface area contributed by atoms with Crippen LogP contribution < -0.4 is 14.8 Å². The molecule has 1 heterocycles. The highest BCUT2D eigenvalue weighted by Crippen LogP contribution is 2.27.